The maximum absolute atomic E-state index is 12.3. The van der Waals surface area contributed by atoms with Gasteiger partial charge in [-0.1, -0.05) is 42.5 Å². The Kier molecular flexibility index (Phi) is 6.73. The van der Waals surface area contributed by atoms with E-state index in [2.05, 4.69) is 11.4 Å². The molecular formula is C20H21N3O2. The smallest absolute Gasteiger partial charge is 0.251 e. The van der Waals surface area contributed by atoms with Crippen molar-refractivity contribution < 1.29 is 9.59 Å². The summed E-state index contributed by atoms with van der Waals surface area (Å²) in [5.74, 6) is -0.894. The van der Waals surface area contributed by atoms with Crippen LogP contribution in [0.5, 0.6) is 0 Å². The van der Waals surface area contributed by atoms with Crippen molar-refractivity contribution in [3.63, 3.8) is 0 Å². The number of nitrogens with two attached hydrogens (primary N) is 1. The highest BCUT2D eigenvalue weighted by Crippen LogP contribution is 2.19. The first kappa shape index (κ1) is 18.2. The predicted molar refractivity (Wildman–Crippen MR) is 96.4 cm³/mol. The minimum absolute atomic E-state index is 0.330. The maximum atomic E-state index is 12.3. The third-order valence-electron chi connectivity index (χ3n) is 3.93. The fraction of sp³-hybridized carbons (Fsp3) is 0.250. The van der Waals surface area contributed by atoms with Crippen LogP contribution in [-0.4, -0.2) is 17.9 Å². The van der Waals surface area contributed by atoms with Gasteiger partial charge in [0.15, 0.2) is 0 Å². The lowest BCUT2D eigenvalue weighted by Gasteiger charge is -2.15. The summed E-state index contributed by atoms with van der Waals surface area (Å²) in [6.45, 7) is 0. The fourth-order valence-electron chi connectivity index (χ4n) is 2.52. The number of carbonyl (C=O) groups is 2. The third kappa shape index (κ3) is 5.47. The van der Waals surface area contributed by atoms with Crippen molar-refractivity contribution in [1.29, 1.82) is 5.26 Å². The molecule has 0 aliphatic carbocycles. The van der Waals surface area contributed by atoms with Crippen molar-refractivity contribution in [2.45, 2.75) is 31.7 Å². The quantitative estimate of drug-likeness (QED) is 0.726. The van der Waals surface area contributed by atoms with Crippen LogP contribution < -0.4 is 11.1 Å². The van der Waals surface area contributed by atoms with E-state index in [1.807, 2.05) is 42.5 Å². The van der Waals surface area contributed by atoms with E-state index >= 15 is 0 Å². The molecule has 0 unspecified atom stereocenters. The van der Waals surface area contributed by atoms with Gasteiger partial charge < -0.3 is 11.1 Å². The zero-order valence-electron chi connectivity index (χ0n) is 13.9. The van der Waals surface area contributed by atoms with E-state index in [9.17, 15) is 9.59 Å². The van der Waals surface area contributed by atoms with Gasteiger partial charge in [-0.3, -0.25) is 9.59 Å². The summed E-state index contributed by atoms with van der Waals surface area (Å²) < 4.78 is 0. The van der Waals surface area contributed by atoms with E-state index in [-0.39, 0.29) is 5.91 Å². The Morgan fingerprint density at radius 2 is 1.64 bits per heavy atom. The van der Waals surface area contributed by atoms with Gasteiger partial charge >= 0.3 is 0 Å². The van der Waals surface area contributed by atoms with E-state index < -0.39 is 11.9 Å². The number of nitriles is 1. The van der Waals surface area contributed by atoms with Crippen LogP contribution in [0.3, 0.4) is 0 Å². The summed E-state index contributed by atoms with van der Waals surface area (Å²) in [5.41, 5.74) is 7.92. The molecule has 0 aliphatic rings. The first-order chi connectivity index (χ1) is 12.1. The molecule has 0 fully saturated rings. The van der Waals surface area contributed by atoms with Crippen molar-refractivity contribution in [3.05, 3.63) is 60.2 Å². The fourth-order valence-corrected chi connectivity index (χ4v) is 2.52. The number of hydrogen-bond donors (Lipinski definition) is 2. The van der Waals surface area contributed by atoms with Crippen LogP contribution in [0, 0.1) is 11.3 Å². The van der Waals surface area contributed by atoms with Gasteiger partial charge in [0.1, 0.15) is 6.04 Å². The molecule has 128 valence electrons. The second kappa shape index (κ2) is 9.24. The van der Waals surface area contributed by atoms with Crippen LogP contribution >= 0.6 is 0 Å². The Morgan fingerprint density at radius 1 is 1.00 bits per heavy atom. The second-order valence-corrected chi connectivity index (χ2v) is 5.78. The zero-order chi connectivity index (χ0) is 18.1. The Labute approximate surface area is 147 Å². The number of nitrogens with one attached hydrogen (secondary N) is 1. The average molecular weight is 335 g/mol. The van der Waals surface area contributed by atoms with Crippen molar-refractivity contribution in [1.82, 2.24) is 5.32 Å². The molecule has 0 aliphatic heterocycles. The average Bonchev–Trinajstić information content (AvgIpc) is 2.64. The number of benzene rings is 2. The molecule has 25 heavy (non-hydrogen) atoms. The molecule has 0 spiro atoms. The molecule has 0 heterocycles. The van der Waals surface area contributed by atoms with Crippen molar-refractivity contribution in [2.24, 2.45) is 5.73 Å². The van der Waals surface area contributed by atoms with Gasteiger partial charge in [-0.25, -0.2) is 0 Å². The number of rotatable bonds is 8. The normalized spacial score (nSPS) is 11.3. The van der Waals surface area contributed by atoms with Crippen molar-refractivity contribution in [3.8, 4) is 17.2 Å². The van der Waals surface area contributed by atoms with Gasteiger partial charge in [0, 0.05) is 12.0 Å². The number of nitrogens with zero attached hydrogens (tertiary/aromatic N) is 1. The van der Waals surface area contributed by atoms with E-state index in [1.54, 1.807) is 12.1 Å². The monoisotopic (exact) mass is 335 g/mol. The summed E-state index contributed by atoms with van der Waals surface area (Å²) in [7, 11) is 0. The highest BCUT2D eigenvalue weighted by molar-refractivity contribution is 5.97. The lowest BCUT2D eigenvalue weighted by molar-refractivity contribution is -0.120. The van der Waals surface area contributed by atoms with Crippen molar-refractivity contribution in [2.75, 3.05) is 0 Å². The molecule has 2 rings (SSSR count). The topological polar surface area (TPSA) is 96.0 Å². The van der Waals surface area contributed by atoms with Gasteiger partial charge in [0.05, 0.1) is 6.07 Å². The van der Waals surface area contributed by atoms with Gasteiger partial charge in [-0.15, -0.1) is 0 Å². The molecule has 0 saturated carbocycles. The minimum Gasteiger partial charge on any atom is -0.368 e. The molecule has 0 bridgehead atoms. The number of carbonyl (C=O) groups excluding carboxylic acids is 2. The Balaban J connectivity index is 1.99. The van der Waals surface area contributed by atoms with Crippen LogP contribution in [0.2, 0.25) is 0 Å². The molecule has 1 atom stereocenters. The second-order valence-electron chi connectivity index (χ2n) is 5.78. The molecule has 2 amide bonds. The molecule has 2 aromatic carbocycles. The summed E-state index contributed by atoms with van der Waals surface area (Å²) in [6, 6.07) is 18.4. The molecule has 2 aromatic rings. The van der Waals surface area contributed by atoms with Crippen LogP contribution in [0.25, 0.3) is 11.1 Å². The Morgan fingerprint density at radius 3 is 2.24 bits per heavy atom. The highest BCUT2D eigenvalue weighted by Gasteiger charge is 2.18. The number of unbranched alkanes of at least 4 members (excludes halogenated alkanes) is 2. The van der Waals surface area contributed by atoms with Crippen LogP contribution in [-0.2, 0) is 4.79 Å². The Hall–Kier alpha value is -3.13. The molecular weight excluding hydrogens is 314 g/mol. The first-order valence-corrected chi connectivity index (χ1v) is 8.24. The van der Waals surface area contributed by atoms with Crippen LogP contribution in [0.4, 0.5) is 0 Å². The van der Waals surface area contributed by atoms with E-state index in [0.29, 0.717) is 31.2 Å². The van der Waals surface area contributed by atoms with Crippen molar-refractivity contribution >= 4 is 11.8 Å². The predicted octanol–water partition coefficient (Wildman–Crippen LogP) is 3.02. The minimum atomic E-state index is -0.722. The Bertz CT molecular complexity index is 749. The molecule has 5 heteroatoms. The standard InChI is InChI=1S/C20H21N3O2/c21-14-6-2-5-9-18(19(22)24)23-20(25)17-12-10-16(11-13-17)15-7-3-1-4-8-15/h1,3-4,7-8,10-13,18H,2,5-6,9H2,(H2,22,24)(H,23,25)/t18-/m0/s1. The van der Waals surface area contributed by atoms with E-state index in [1.165, 1.54) is 0 Å². The highest BCUT2D eigenvalue weighted by atomic mass is 16.2. The molecule has 0 aromatic heterocycles. The molecule has 0 saturated heterocycles. The summed E-state index contributed by atoms with van der Waals surface area (Å²) >= 11 is 0. The summed E-state index contributed by atoms with van der Waals surface area (Å²) in [4.78, 5) is 23.8. The van der Waals surface area contributed by atoms with Crippen LogP contribution in [0.15, 0.2) is 54.6 Å². The number of primary amides is 1. The van der Waals surface area contributed by atoms with Gasteiger partial charge in [0.2, 0.25) is 5.91 Å². The summed E-state index contributed by atoms with van der Waals surface area (Å²) in [5, 5.41) is 11.2. The number of amides is 2. The summed E-state index contributed by atoms with van der Waals surface area (Å²) in [6.07, 6.45) is 2.21. The zero-order valence-corrected chi connectivity index (χ0v) is 13.9. The number of hydrogen-bond acceptors (Lipinski definition) is 3. The maximum Gasteiger partial charge on any atom is 0.251 e. The largest absolute Gasteiger partial charge is 0.368 e. The molecule has 3 N–H and O–H groups in total. The third-order valence-corrected chi connectivity index (χ3v) is 3.93. The van der Waals surface area contributed by atoms with Gasteiger partial charge in [-0.05, 0) is 42.5 Å². The molecule has 0 radical (unpaired) electrons. The van der Waals surface area contributed by atoms with E-state index in [0.717, 1.165) is 11.1 Å². The van der Waals surface area contributed by atoms with Gasteiger partial charge in [-0.2, -0.15) is 5.26 Å². The lowest BCUT2D eigenvalue weighted by atomic mass is 10.0. The molecule has 5 nitrogen and oxygen atoms in total. The first-order valence-electron chi connectivity index (χ1n) is 8.24. The lowest BCUT2D eigenvalue weighted by Crippen LogP contribution is -2.44. The van der Waals surface area contributed by atoms with Crippen LogP contribution in [0.1, 0.15) is 36.0 Å². The SMILES string of the molecule is N#CCCCC[C@H](NC(=O)c1ccc(-c2ccccc2)cc1)C(N)=O. The van der Waals surface area contributed by atoms with Gasteiger partial charge in [0.25, 0.3) is 5.91 Å². The van der Waals surface area contributed by atoms with E-state index in [4.69, 9.17) is 11.0 Å².